The first kappa shape index (κ1) is 14.2. The number of nitrogens with zero attached hydrogens (tertiary/aromatic N) is 2. The molecule has 19 heavy (non-hydrogen) atoms. The van der Waals surface area contributed by atoms with E-state index in [1.54, 1.807) is 11.3 Å². The van der Waals surface area contributed by atoms with Crippen molar-refractivity contribution in [2.75, 3.05) is 0 Å². The van der Waals surface area contributed by atoms with Crippen molar-refractivity contribution in [3.8, 4) is 0 Å². The zero-order valence-corrected chi connectivity index (χ0v) is 12.8. The fourth-order valence-corrected chi connectivity index (χ4v) is 2.68. The van der Waals surface area contributed by atoms with E-state index in [4.69, 9.17) is 0 Å². The summed E-state index contributed by atoms with van der Waals surface area (Å²) in [6, 6.07) is 4.42. The van der Waals surface area contributed by atoms with Crippen molar-refractivity contribution in [3.63, 3.8) is 0 Å². The average Bonchev–Trinajstić information content (AvgIpc) is 2.86. The van der Waals surface area contributed by atoms with E-state index in [0.717, 1.165) is 6.54 Å². The van der Waals surface area contributed by atoms with Crippen LogP contribution in [0, 0.1) is 0 Å². The quantitative estimate of drug-likeness (QED) is 0.925. The Morgan fingerprint density at radius 2 is 1.95 bits per heavy atom. The minimum absolute atomic E-state index is 0.139. The molecule has 0 amide bonds. The third-order valence-electron chi connectivity index (χ3n) is 2.98. The summed E-state index contributed by atoms with van der Waals surface area (Å²) in [4.78, 5) is 9.83. The van der Waals surface area contributed by atoms with Crippen LogP contribution >= 0.6 is 11.3 Å². The van der Waals surface area contributed by atoms with E-state index in [9.17, 15) is 0 Å². The van der Waals surface area contributed by atoms with Gasteiger partial charge in [-0.05, 0) is 24.6 Å². The second kappa shape index (κ2) is 5.80. The highest BCUT2D eigenvalue weighted by molar-refractivity contribution is 7.11. The van der Waals surface area contributed by atoms with Crippen LogP contribution in [0.2, 0.25) is 0 Å². The van der Waals surface area contributed by atoms with Gasteiger partial charge in [0.2, 0.25) is 0 Å². The van der Waals surface area contributed by atoms with E-state index in [-0.39, 0.29) is 5.41 Å². The molecule has 0 spiro atoms. The first-order chi connectivity index (χ1) is 8.97. The van der Waals surface area contributed by atoms with Crippen LogP contribution in [0.15, 0.2) is 30.7 Å². The Labute approximate surface area is 119 Å². The first-order valence-corrected chi connectivity index (χ1v) is 7.37. The van der Waals surface area contributed by atoms with Gasteiger partial charge in [0, 0.05) is 41.5 Å². The van der Waals surface area contributed by atoms with Crippen molar-refractivity contribution in [1.29, 1.82) is 0 Å². The van der Waals surface area contributed by atoms with Crippen molar-refractivity contribution >= 4 is 11.3 Å². The molecule has 0 aromatic carbocycles. The van der Waals surface area contributed by atoms with E-state index in [1.807, 2.05) is 30.7 Å². The lowest BCUT2D eigenvalue weighted by Gasteiger charge is -2.14. The van der Waals surface area contributed by atoms with Gasteiger partial charge in [0.1, 0.15) is 0 Å². The van der Waals surface area contributed by atoms with Crippen LogP contribution in [0.1, 0.15) is 49.2 Å². The molecule has 2 rings (SSSR count). The van der Waals surface area contributed by atoms with Crippen LogP contribution in [0.4, 0.5) is 0 Å². The predicted octanol–water partition coefficient (Wildman–Crippen LogP) is 3.69. The van der Waals surface area contributed by atoms with Crippen LogP contribution < -0.4 is 5.32 Å². The Balaban J connectivity index is 1.94. The molecular formula is C15H21N3S. The summed E-state index contributed by atoms with van der Waals surface area (Å²) in [7, 11) is 0. The van der Waals surface area contributed by atoms with Gasteiger partial charge < -0.3 is 5.32 Å². The molecule has 2 aromatic rings. The normalized spacial score (nSPS) is 13.5. The molecule has 0 fully saturated rings. The third kappa shape index (κ3) is 3.85. The molecule has 2 aromatic heterocycles. The Morgan fingerprint density at radius 3 is 2.53 bits per heavy atom. The van der Waals surface area contributed by atoms with Gasteiger partial charge in [-0.3, -0.25) is 4.98 Å². The van der Waals surface area contributed by atoms with Gasteiger partial charge in [-0.15, -0.1) is 11.3 Å². The van der Waals surface area contributed by atoms with Gasteiger partial charge in [0.05, 0.1) is 5.01 Å². The minimum Gasteiger partial charge on any atom is -0.305 e. The SMILES string of the molecule is C[C@@H](NCc1cnc(C(C)(C)C)s1)c1ccncc1. The number of aromatic nitrogens is 2. The molecule has 0 saturated heterocycles. The van der Waals surface area contributed by atoms with Gasteiger partial charge in [-0.25, -0.2) is 4.98 Å². The standard InChI is InChI=1S/C15H21N3S/c1-11(12-5-7-16-8-6-12)17-9-13-10-18-14(19-13)15(2,3)4/h5-8,10-11,17H,9H2,1-4H3/t11-/m1/s1. The molecule has 1 N–H and O–H groups in total. The maximum atomic E-state index is 4.51. The van der Waals surface area contributed by atoms with E-state index < -0.39 is 0 Å². The molecule has 0 unspecified atom stereocenters. The molecule has 2 heterocycles. The summed E-state index contributed by atoms with van der Waals surface area (Å²) >= 11 is 1.79. The number of pyridine rings is 1. The minimum atomic E-state index is 0.139. The fraction of sp³-hybridized carbons (Fsp3) is 0.467. The fourth-order valence-electron chi connectivity index (χ4n) is 1.76. The summed E-state index contributed by atoms with van der Waals surface area (Å²) in [6.45, 7) is 9.62. The second-order valence-electron chi connectivity index (χ2n) is 5.76. The first-order valence-electron chi connectivity index (χ1n) is 6.55. The number of thiazole rings is 1. The van der Waals surface area contributed by atoms with E-state index >= 15 is 0 Å². The topological polar surface area (TPSA) is 37.8 Å². The van der Waals surface area contributed by atoms with Crippen molar-refractivity contribution in [1.82, 2.24) is 15.3 Å². The highest BCUT2D eigenvalue weighted by Gasteiger charge is 2.18. The molecular weight excluding hydrogens is 254 g/mol. The van der Waals surface area contributed by atoms with Crippen molar-refractivity contribution in [2.45, 2.75) is 45.7 Å². The zero-order valence-electron chi connectivity index (χ0n) is 12.0. The van der Waals surface area contributed by atoms with Gasteiger partial charge in [0.25, 0.3) is 0 Å². The molecule has 1 atom stereocenters. The molecule has 0 aliphatic heterocycles. The van der Waals surface area contributed by atoms with Crippen LogP contribution in [0.5, 0.6) is 0 Å². The lowest BCUT2D eigenvalue weighted by Crippen LogP contribution is -2.17. The predicted molar refractivity (Wildman–Crippen MR) is 80.3 cm³/mol. The largest absolute Gasteiger partial charge is 0.305 e. The molecule has 0 aliphatic rings. The Bertz CT molecular complexity index is 514. The van der Waals surface area contributed by atoms with Crippen molar-refractivity contribution in [3.05, 3.63) is 46.2 Å². The number of hydrogen-bond acceptors (Lipinski definition) is 4. The van der Waals surface area contributed by atoms with Crippen LogP contribution in [-0.2, 0) is 12.0 Å². The Kier molecular flexibility index (Phi) is 4.32. The summed E-state index contributed by atoms with van der Waals surface area (Å²) < 4.78 is 0. The molecule has 102 valence electrons. The van der Waals surface area contributed by atoms with Gasteiger partial charge in [-0.1, -0.05) is 20.8 Å². The second-order valence-corrected chi connectivity index (χ2v) is 6.88. The third-order valence-corrected chi connectivity index (χ3v) is 4.41. The highest BCUT2D eigenvalue weighted by Crippen LogP contribution is 2.27. The van der Waals surface area contributed by atoms with Crippen LogP contribution in [-0.4, -0.2) is 9.97 Å². The monoisotopic (exact) mass is 275 g/mol. The number of nitrogens with one attached hydrogen (secondary N) is 1. The molecule has 0 bridgehead atoms. The molecule has 3 nitrogen and oxygen atoms in total. The molecule has 0 radical (unpaired) electrons. The van der Waals surface area contributed by atoms with E-state index in [1.165, 1.54) is 15.4 Å². The Hall–Kier alpha value is -1.26. The summed E-state index contributed by atoms with van der Waals surface area (Å²) in [5, 5.41) is 4.72. The van der Waals surface area contributed by atoms with Gasteiger partial charge in [0.15, 0.2) is 0 Å². The zero-order chi connectivity index (χ0) is 13.9. The lowest BCUT2D eigenvalue weighted by molar-refractivity contribution is 0.577. The summed E-state index contributed by atoms with van der Waals surface area (Å²) in [5.74, 6) is 0. The highest BCUT2D eigenvalue weighted by atomic mass is 32.1. The maximum absolute atomic E-state index is 4.51. The average molecular weight is 275 g/mol. The summed E-state index contributed by atoms with van der Waals surface area (Å²) in [6.07, 6.45) is 5.65. The molecule has 0 saturated carbocycles. The molecule has 4 heteroatoms. The van der Waals surface area contributed by atoms with E-state index in [2.05, 4.69) is 43.0 Å². The van der Waals surface area contributed by atoms with Crippen molar-refractivity contribution < 1.29 is 0 Å². The molecule has 0 aliphatic carbocycles. The summed E-state index contributed by atoms with van der Waals surface area (Å²) in [5.41, 5.74) is 1.40. The van der Waals surface area contributed by atoms with Gasteiger partial charge in [-0.2, -0.15) is 0 Å². The smallest absolute Gasteiger partial charge is 0.0981 e. The van der Waals surface area contributed by atoms with Crippen LogP contribution in [0.3, 0.4) is 0 Å². The van der Waals surface area contributed by atoms with Crippen molar-refractivity contribution in [2.24, 2.45) is 0 Å². The van der Waals surface area contributed by atoms with Crippen LogP contribution in [0.25, 0.3) is 0 Å². The maximum Gasteiger partial charge on any atom is 0.0981 e. The lowest BCUT2D eigenvalue weighted by atomic mass is 9.98. The Morgan fingerprint density at radius 1 is 1.26 bits per heavy atom. The number of hydrogen-bond donors (Lipinski definition) is 1. The number of rotatable bonds is 4. The van der Waals surface area contributed by atoms with Gasteiger partial charge >= 0.3 is 0 Å². The van der Waals surface area contributed by atoms with E-state index in [0.29, 0.717) is 6.04 Å².